The molecule has 19 heavy (non-hydrogen) atoms. The minimum Gasteiger partial charge on any atom is -0.329 e. The van der Waals surface area contributed by atoms with Crippen molar-refractivity contribution in [2.24, 2.45) is 5.73 Å². The van der Waals surface area contributed by atoms with Crippen molar-refractivity contribution < 1.29 is 0 Å². The molecule has 0 bridgehead atoms. The third-order valence-corrected chi connectivity index (χ3v) is 5.33. The zero-order valence-electron chi connectivity index (χ0n) is 13.2. The molecule has 2 rings (SSSR count). The molecule has 0 amide bonds. The average Bonchev–Trinajstić information content (AvgIpc) is 2.39. The summed E-state index contributed by atoms with van der Waals surface area (Å²) >= 11 is 0. The topological polar surface area (TPSA) is 44.5 Å². The third-order valence-electron chi connectivity index (χ3n) is 5.33. The molecule has 0 aromatic carbocycles. The van der Waals surface area contributed by atoms with Crippen LogP contribution in [0.3, 0.4) is 0 Å². The molecule has 2 heterocycles. The quantitative estimate of drug-likeness (QED) is 0.815. The van der Waals surface area contributed by atoms with Crippen molar-refractivity contribution in [2.45, 2.75) is 76.5 Å². The van der Waals surface area contributed by atoms with Gasteiger partial charge in [-0.1, -0.05) is 6.42 Å². The summed E-state index contributed by atoms with van der Waals surface area (Å²) in [5.74, 6) is 0. The number of nitrogens with two attached hydrogens (primary N) is 1. The number of likely N-dealkylation sites (tertiary alicyclic amines) is 1. The highest BCUT2D eigenvalue weighted by Gasteiger charge is 2.39. The van der Waals surface area contributed by atoms with Crippen molar-refractivity contribution in [2.75, 3.05) is 20.1 Å². The molecule has 2 aliphatic rings. The van der Waals surface area contributed by atoms with Gasteiger partial charge < -0.3 is 10.6 Å². The predicted octanol–water partition coefficient (Wildman–Crippen LogP) is 1.57. The molecule has 3 N–H and O–H groups in total. The Morgan fingerprint density at radius 3 is 2.32 bits per heavy atom. The van der Waals surface area contributed by atoms with E-state index in [1.165, 1.54) is 19.3 Å². The second-order valence-corrected chi connectivity index (χ2v) is 6.92. The molecule has 4 heteroatoms. The largest absolute Gasteiger partial charge is 0.329 e. The van der Waals surface area contributed by atoms with Gasteiger partial charge in [0, 0.05) is 30.2 Å². The first-order chi connectivity index (χ1) is 8.97. The van der Waals surface area contributed by atoms with E-state index in [2.05, 4.69) is 43.2 Å². The summed E-state index contributed by atoms with van der Waals surface area (Å²) in [5, 5.41) is 2.49. The van der Waals surface area contributed by atoms with E-state index < -0.39 is 0 Å². The van der Waals surface area contributed by atoms with Crippen LogP contribution in [0.1, 0.15) is 52.9 Å². The van der Waals surface area contributed by atoms with Crippen LogP contribution < -0.4 is 11.2 Å². The van der Waals surface area contributed by atoms with E-state index in [1.807, 2.05) is 0 Å². The smallest absolute Gasteiger partial charge is 0.0475 e. The second-order valence-electron chi connectivity index (χ2n) is 6.92. The predicted molar refractivity (Wildman–Crippen MR) is 80.9 cm³/mol. The highest BCUT2D eigenvalue weighted by molar-refractivity contribution is 4.97. The fraction of sp³-hybridized carbons (Fsp3) is 1.00. The summed E-state index contributed by atoms with van der Waals surface area (Å²) < 4.78 is 0. The minimum atomic E-state index is 0.103. The fourth-order valence-corrected chi connectivity index (χ4v) is 3.68. The Kier molecular flexibility index (Phi) is 4.88. The number of nitrogens with one attached hydrogen (secondary N) is 1. The molecule has 112 valence electrons. The van der Waals surface area contributed by atoms with Gasteiger partial charge in [-0.25, -0.2) is 10.4 Å². The summed E-state index contributed by atoms with van der Waals surface area (Å²) in [6.45, 7) is 8.87. The van der Waals surface area contributed by atoms with Crippen LogP contribution in [-0.2, 0) is 0 Å². The molecule has 2 fully saturated rings. The molecule has 2 saturated heterocycles. The summed E-state index contributed by atoms with van der Waals surface area (Å²) in [5.41, 5.74) is 10.1. The lowest BCUT2D eigenvalue weighted by Gasteiger charge is -2.50. The number of rotatable bonds is 3. The Morgan fingerprint density at radius 2 is 1.79 bits per heavy atom. The number of nitrogens with zero attached hydrogens (tertiary/aromatic N) is 2. The van der Waals surface area contributed by atoms with Crippen molar-refractivity contribution in [1.82, 2.24) is 15.3 Å². The molecular formula is C15H32N4. The van der Waals surface area contributed by atoms with Crippen molar-refractivity contribution in [1.29, 1.82) is 0 Å². The van der Waals surface area contributed by atoms with Gasteiger partial charge >= 0.3 is 0 Å². The molecule has 0 aromatic heterocycles. The van der Waals surface area contributed by atoms with Gasteiger partial charge in [-0.05, 0) is 60.0 Å². The molecule has 4 unspecified atom stereocenters. The SMILES string of the molecule is CC1CC(CN)(NN2C(C)CCCC2C)CCN1C. The van der Waals surface area contributed by atoms with Crippen LogP contribution in [-0.4, -0.2) is 53.7 Å². The average molecular weight is 268 g/mol. The molecule has 4 nitrogen and oxygen atoms in total. The van der Waals surface area contributed by atoms with Crippen LogP contribution in [0, 0.1) is 0 Å². The first-order valence-corrected chi connectivity index (χ1v) is 7.94. The van der Waals surface area contributed by atoms with E-state index in [4.69, 9.17) is 5.73 Å². The van der Waals surface area contributed by atoms with Gasteiger partial charge in [-0.15, -0.1) is 0 Å². The second kappa shape index (κ2) is 6.08. The number of hydrogen-bond donors (Lipinski definition) is 2. The Hall–Kier alpha value is -0.160. The molecule has 0 aliphatic carbocycles. The third kappa shape index (κ3) is 3.30. The summed E-state index contributed by atoms with van der Waals surface area (Å²) in [4.78, 5) is 2.44. The number of hydrazine groups is 1. The lowest BCUT2D eigenvalue weighted by atomic mass is 9.84. The van der Waals surface area contributed by atoms with Crippen LogP contribution in [0.2, 0.25) is 0 Å². The normalized spacial score (nSPS) is 42.5. The van der Waals surface area contributed by atoms with Gasteiger partial charge in [0.1, 0.15) is 0 Å². The van der Waals surface area contributed by atoms with Gasteiger partial charge in [-0.3, -0.25) is 0 Å². The van der Waals surface area contributed by atoms with Crippen LogP contribution in [0.4, 0.5) is 0 Å². The highest BCUT2D eigenvalue weighted by Crippen LogP contribution is 2.29. The van der Waals surface area contributed by atoms with E-state index in [0.717, 1.165) is 25.9 Å². The number of piperidine rings is 2. The zero-order chi connectivity index (χ0) is 14.0. The summed E-state index contributed by atoms with van der Waals surface area (Å²) in [6, 6.07) is 1.87. The van der Waals surface area contributed by atoms with E-state index in [-0.39, 0.29) is 5.54 Å². The van der Waals surface area contributed by atoms with E-state index >= 15 is 0 Å². The van der Waals surface area contributed by atoms with E-state index in [9.17, 15) is 0 Å². The monoisotopic (exact) mass is 268 g/mol. The van der Waals surface area contributed by atoms with Crippen molar-refractivity contribution in [3.8, 4) is 0 Å². The Bertz CT molecular complexity index is 286. The van der Waals surface area contributed by atoms with Gasteiger partial charge in [0.15, 0.2) is 0 Å². The molecule has 4 atom stereocenters. The zero-order valence-corrected chi connectivity index (χ0v) is 13.2. The van der Waals surface area contributed by atoms with Gasteiger partial charge in [0.25, 0.3) is 0 Å². The lowest BCUT2D eigenvalue weighted by molar-refractivity contribution is -0.0253. The van der Waals surface area contributed by atoms with Crippen LogP contribution in [0.5, 0.6) is 0 Å². The molecule has 0 aromatic rings. The van der Waals surface area contributed by atoms with Crippen molar-refractivity contribution in [3.05, 3.63) is 0 Å². The summed E-state index contributed by atoms with van der Waals surface area (Å²) in [6.07, 6.45) is 6.26. The van der Waals surface area contributed by atoms with E-state index in [1.54, 1.807) is 0 Å². The first-order valence-electron chi connectivity index (χ1n) is 7.94. The van der Waals surface area contributed by atoms with Crippen LogP contribution >= 0.6 is 0 Å². The van der Waals surface area contributed by atoms with Crippen LogP contribution in [0.15, 0.2) is 0 Å². The standard InChI is InChI=1S/C15H32N4/c1-12-6-5-7-13(2)19(12)17-15(11-16)8-9-18(4)14(3)10-15/h12-14,17H,5-11,16H2,1-4H3. The molecule has 0 spiro atoms. The summed E-state index contributed by atoms with van der Waals surface area (Å²) in [7, 11) is 2.22. The molecular weight excluding hydrogens is 236 g/mol. The van der Waals surface area contributed by atoms with Crippen molar-refractivity contribution >= 4 is 0 Å². The number of hydrogen-bond acceptors (Lipinski definition) is 4. The van der Waals surface area contributed by atoms with Crippen LogP contribution in [0.25, 0.3) is 0 Å². The minimum absolute atomic E-state index is 0.103. The Labute approximate surface area is 118 Å². The highest BCUT2D eigenvalue weighted by atomic mass is 15.6. The Balaban J connectivity index is 2.05. The molecule has 0 saturated carbocycles. The first kappa shape index (κ1) is 15.2. The van der Waals surface area contributed by atoms with Gasteiger partial charge in [-0.2, -0.15) is 0 Å². The van der Waals surface area contributed by atoms with Gasteiger partial charge in [0.05, 0.1) is 0 Å². The maximum Gasteiger partial charge on any atom is 0.0475 e. The maximum atomic E-state index is 6.15. The fourth-order valence-electron chi connectivity index (χ4n) is 3.68. The Morgan fingerprint density at radius 1 is 1.16 bits per heavy atom. The van der Waals surface area contributed by atoms with Crippen molar-refractivity contribution in [3.63, 3.8) is 0 Å². The van der Waals surface area contributed by atoms with E-state index in [0.29, 0.717) is 18.1 Å². The van der Waals surface area contributed by atoms with Gasteiger partial charge in [0.2, 0.25) is 0 Å². The molecule has 2 aliphatic heterocycles. The lowest BCUT2D eigenvalue weighted by Crippen LogP contribution is -2.67. The molecule has 0 radical (unpaired) electrons. The maximum absolute atomic E-state index is 6.15.